The van der Waals surface area contributed by atoms with Gasteiger partial charge in [0.2, 0.25) is 0 Å². The third kappa shape index (κ3) is 1.94. The molecule has 0 spiro atoms. The van der Waals surface area contributed by atoms with Crippen LogP contribution < -0.4 is 0 Å². The second kappa shape index (κ2) is 4.40. The number of thiophene rings is 1. The van der Waals surface area contributed by atoms with Gasteiger partial charge in [0, 0.05) is 0 Å². The quantitative estimate of drug-likeness (QED) is 0.771. The van der Waals surface area contributed by atoms with E-state index in [4.69, 9.17) is 4.52 Å². The SMILES string of the molecule is CCOC(=O)c1noc(-c2sccc2F)n1. The Kier molecular flexibility index (Phi) is 2.95. The van der Waals surface area contributed by atoms with E-state index in [1.54, 1.807) is 12.3 Å². The lowest BCUT2D eigenvalue weighted by Gasteiger charge is -1.93. The summed E-state index contributed by atoms with van der Waals surface area (Å²) in [6.45, 7) is 1.88. The number of ether oxygens (including phenoxy) is 1. The van der Waals surface area contributed by atoms with E-state index in [1.807, 2.05) is 0 Å². The number of hydrogen-bond donors (Lipinski definition) is 0. The molecule has 0 amide bonds. The Bertz CT molecular complexity index is 508. The van der Waals surface area contributed by atoms with Gasteiger partial charge in [-0.3, -0.25) is 0 Å². The summed E-state index contributed by atoms with van der Waals surface area (Å²) in [5.41, 5.74) is 0. The van der Waals surface area contributed by atoms with Gasteiger partial charge in [0.05, 0.1) is 6.61 Å². The maximum atomic E-state index is 13.2. The van der Waals surface area contributed by atoms with Crippen molar-refractivity contribution in [3.63, 3.8) is 0 Å². The van der Waals surface area contributed by atoms with Crippen molar-refractivity contribution in [2.45, 2.75) is 6.92 Å². The largest absolute Gasteiger partial charge is 0.460 e. The van der Waals surface area contributed by atoms with Crippen LogP contribution in [0, 0.1) is 5.82 Å². The molecule has 0 bridgehead atoms. The molecule has 0 unspecified atom stereocenters. The van der Waals surface area contributed by atoms with Crippen LogP contribution in [0.4, 0.5) is 4.39 Å². The number of nitrogens with zero attached hydrogens (tertiary/aromatic N) is 2. The number of aromatic nitrogens is 2. The van der Waals surface area contributed by atoms with Crippen LogP contribution in [0.3, 0.4) is 0 Å². The fourth-order valence-corrected chi connectivity index (χ4v) is 1.73. The molecule has 0 saturated heterocycles. The molecule has 7 heteroatoms. The molecule has 0 aliphatic heterocycles. The molecule has 2 rings (SSSR count). The van der Waals surface area contributed by atoms with Crippen molar-refractivity contribution in [3.8, 4) is 10.8 Å². The Morgan fingerprint density at radius 1 is 1.69 bits per heavy atom. The van der Waals surface area contributed by atoms with Crippen molar-refractivity contribution in [2.24, 2.45) is 0 Å². The predicted octanol–water partition coefficient (Wildman–Crippen LogP) is 2.11. The van der Waals surface area contributed by atoms with Crippen LogP contribution in [0.1, 0.15) is 17.5 Å². The number of hydrogen-bond acceptors (Lipinski definition) is 6. The summed E-state index contributed by atoms with van der Waals surface area (Å²) in [5.74, 6) is -1.36. The molecule has 0 radical (unpaired) electrons. The van der Waals surface area contributed by atoms with Crippen LogP contribution in [0.15, 0.2) is 16.0 Å². The lowest BCUT2D eigenvalue weighted by atomic mass is 10.4. The first-order valence-corrected chi connectivity index (χ1v) is 5.34. The Morgan fingerprint density at radius 2 is 2.50 bits per heavy atom. The van der Waals surface area contributed by atoms with Gasteiger partial charge in [0.15, 0.2) is 0 Å². The molecular weight excluding hydrogens is 235 g/mol. The molecule has 0 N–H and O–H groups in total. The van der Waals surface area contributed by atoms with Crippen molar-refractivity contribution >= 4 is 17.3 Å². The zero-order valence-electron chi connectivity index (χ0n) is 8.27. The van der Waals surface area contributed by atoms with Crippen LogP contribution in [0.25, 0.3) is 10.8 Å². The van der Waals surface area contributed by atoms with Gasteiger partial charge in [-0.15, -0.1) is 11.3 Å². The van der Waals surface area contributed by atoms with Gasteiger partial charge in [-0.05, 0) is 23.5 Å². The maximum absolute atomic E-state index is 13.2. The second-order valence-electron chi connectivity index (χ2n) is 2.74. The number of esters is 1. The van der Waals surface area contributed by atoms with Gasteiger partial charge < -0.3 is 9.26 Å². The van der Waals surface area contributed by atoms with Crippen molar-refractivity contribution in [3.05, 3.63) is 23.1 Å². The highest BCUT2D eigenvalue weighted by molar-refractivity contribution is 7.13. The fourth-order valence-electron chi connectivity index (χ4n) is 1.04. The smallest absolute Gasteiger partial charge is 0.379 e. The van der Waals surface area contributed by atoms with E-state index in [-0.39, 0.29) is 23.2 Å². The average molecular weight is 242 g/mol. The molecule has 0 aliphatic rings. The van der Waals surface area contributed by atoms with Gasteiger partial charge in [0.1, 0.15) is 10.7 Å². The van der Waals surface area contributed by atoms with E-state index in [9.17, 15) is 9.18 Å². The van der Waals surface area contributed by atoms with Gasteiger partial charge in [0.25, 0.3) is 11.7 Å². The molecular formula is C9H7FN2O3S. The molecule has 0 fully saturated rings. The number of carbonyl (C=O) groups excluding carboxylic acids is 1. The van der Waals surface area contributed by atoms with Crippen molar-refractivity contribution in [1.82, 2.24) is 10.1 Å². The summed E-state index contributed by atoms with van der Waals surface area (Å²) < 4.78 is 22.6. The van der Waals surface area contributed by atoms with Crippen LogP contribution in [-0.4, -0.2) is 22.7 Å². The number of carbonyl (C=O) groups is 1. The Morgan fingerprint density at radius 3 is 3.12 bits per heavy atom. The van der Waals surface area contributed by atoms with Gasteiger partial charge in [-0.1, -0.05) is 0 Å². The Hall–Kier alpha value is -1.76. The molecule has 2 heterocycles. The van der Waals surface area contributed by atoms with E-state index < -0.39 is 11.8 Å². The summed E-state index contributed by atoms with van der Waals surface area (Å²) in [6.07, 6.45) is 0. The summed E-state index contributed by atoms with van der Waals surface area (Å²) >= 11 is 1.12. The van der Waals surface area contributed by atoms with Crippen LogP contribution in [0.2, 0.25) is 0 Å². The number of halogens is 1. The minimum Gasteiger partial charge on any atom is -0.460 e. The summed E-state index contributed by atoms with van der Waals surface area (Å²) in [5, 5.41) is 4.97. The Balaban J connectivity index is 2.26. The number of rotatable bonds is 3. The zero-order valence-corrected chi connectivity index (χ0v) is 9.08. The molecule has 16 heavy (non-hydrogen) atoms. The summed E-state index contributed by atoms with van der Waals surface area (Å²) in [4.78, 5) is 15.2. The zero-order chi connectivity index (χ0) is 11.5. The van der Waals surface area contributed by atoms with E-state index in [0.717, 1.165) is 11.3 Å². The van der Waals surface area contributed by atoms with Gasteiger partial charge in [-0.25, -0.2) is 9.18 Å². The fraction of sp³-hybridized carbons (Fsp3) is 0.222. The molecule has 0 aliphatic carbocycles. The van der Waals surface area contributed by atoms with E-state index in [2.05, 4.69) is 14.9 Å². The predicted molar refractivity (Wildman–Crippen MR) is 53.5 cm³/mol. The lowest BCUT2D eigenvalue weighted by molar-refractivity contribution is 0.0508. The van der Waals surface area contributed by atoms with E-state index in [0.29, 0.717) is 0 Å². The van der Waals surface area contributed by atoms with Crippen LogP contribution in [0.5, 0.6) is 0 Å². The van der Waals surface area contributed by atoms with Gasteiger partial charge in [-0.2, -0.15) is 4.98 Å². The highest BCUT2D eigenvalue weighted by Gasteiger charge is 2.19. The van der Waals surface area contributed by atoms with E-state index >= 15 is 0 Å². The van der Waals surface area contributed by atoms with Gasteiger partial charge >= 0.3 is 5.97 Å². The average Bonchev–Trinajstić information content (AvgIpc) is 2.86. The van der Waals surface area contributed by atoms with Crippen LogP contribution >= 0.6 is 11.3 Å². The molecule has 2 aromatic heterocycles. The highest BCUT2D eigenvalue weighted by atomic mass is 32.1. The third-order valence-corrected chi connectivity index (χ3v) is 2.57. The first kappa shape index (κ1) is 10.7. The molecule has 0 saturated carbocycles. The molecule has 2 aromatic rings. The maximum Gasteiger partial charge on any atom is 0.379 e. The summed E-state index contributed by atoms with van der Waals surface area (Å²) in [7, 11) is 0. The lowest BCUT2D eigenvalue weighted by Crippen LogP contribution is -2.06. The van der Waals surface area contributed by atoms with Crippen molar-refractivity contribution in [2.75, 3.05) is 6.61 Å². The molecule has 0 atom stereocenters. The normalized spacial score (nSPS) is 10.4. The minimum atomic E-state index is -0.686. The Labute approximate surface area is 93.8 Å². The minimum absolute atomic E-state index is 0.0180. The third-order valence-electron chi connectivity index (χ3n) is 1.70. The second-order valence-corrected chi connectivity index (χ2v) is 3.66. The molecule has 5 nitrogen and oxygen atoms in total. The van der Waals surface area contributed by atoms with Crippen molar-refractivity contribution < 1.29 is 18.4 Å². The first-order chi connectivity index (χ1) is 7.72. The summed E-state index contributed by atoms with van der Waals surface area (Å²) in [6, 6.07) is 1.29. The standard InChI is InChI=1S/C9H7FN2O3S/c1-2-14-9(13)7-11-8(15-12-7)6-5(10)3-4-16-6/h3-4H,2H2,1H3. The monoisotopic (exact) mass is 242 g/mol. The van der Waals surface area contributed by atoms with Crippen LogP contribution in [-0.2, 0) is 4.74 Å². The van der Waals surface area contributed by atoms with Crippen molar-refractivity contribution in [1.29, 1.82) is 0 Å². The topological polar surface area (TPSA) is 65.2 Å². The molecule has 84 valence electrons. The highest BCUT2D eigenvalue weighted by Crippen LogP contribution is 2.26. The first-order valence-electron chi connectivity index (χ1n) is 4.46. The van der Waals surface area contributed by atoms with E-state index in [1.165, 1.54) is 6.07 Å². The molecule has 0 aromatic carbocycles.